The van der Waals surface area contributed by atoms with Crippen LogP contribution in [0.15, 0.2) is 43.0 Å². The first kappa shape index (κ1) is 14.0. The molecule has 0 bridgehead atoms. The Kier molecular flexibility index (Phi) is 5.64. The van der Waals surface area contributed by atoms with E-state index in [9.17, 15) is 9.59 Å². The van der Waals surface area contributed by atoms with E-state index in [1.54, 1.807) is 36.4 Å². The van der Waals surface area contributed by atoms with Crippen molar-refractivity contribution in [3.8, 4) is 0 Å². The number of carboxylic acids is 1. The van der Waals surface area contributed by atoms with Crippen LogP contribution in [0.4, 0.5) is 0 Å². The quantitative estimate of drug-likeness (QED) is 0.574. The Balaban J connectivity index is 2.62. The first-order chi connectivity index (χ1) is 8.65. The number of allylic oxidation sites excluding steroid dienone is 1. The zero-order valence-electron chi connectivity index (χ0n) is 10.1. The summed E-state index contributed by atoms with van der Waals surface area (Å²) in [5, 5.41) is 11.6. The summed E-state index contributed by atoms with van der Waals surface area (Å²) >= 11 is 0. The number of hydrogen-bond acceptors (Lipinski definition) is 2. The molecule has 0 unspecified atom stereocenters. The Morgan fingerprint density at radius 2 is 2.00 bits per heavy atom. The predicted octanol–water partition coefficient (Wildman–Crippen LogP) is 2.28. The summed E-state index contributed by atoms with van der Waals surface area (Å²) in [7, 11) is 0. The van der Waals surface area contributed by atoms with Crippen molar-refractivity contribution in [1.29, 1.82) is 0 Å². The summed E-state index contributed by atoms with van der Waals surface area (Å²) in [5.74, 6) is -1.31. The van der Waals surface area contributed by atoms with Gasteiger partial charge in [0.1, 0.15) is 0 Å². The first-order valence-corrected chi connectivity index (χ1v) is 5.83. The largest absolute Gasteiger partial charge is 0.479 e. The molecule has 0 heterocycles. The molecule has 0 saturated carbocycles. The third-order valence-electron chi connectivity index (χ3n) is 2.50. The fourth-order valence-electron chi connectivity index (χ4n) is 1.57. The van der Waals surface area contributed by atoms with Crippen LogP contribution in [0, 0.1) is 0 Å². The third kappa shape index (κ3) is 4.41. The van der Waals surface area contributed by atoms with Gasteiger partial charge >= 0.3 is 5.97 Å². The molecule has 0 spiro atoms. The lowest BCUT2D eigenvalue weighted by Crippen LogP contribution is -2.33. The van der Waals surface area contributed by atoms with E-state index in [-0.39, 0.29) is 5.91 Å². The van der Waals surface area contributed by atoms with Gasteiger partial charge in [0.05, 0.1) is 0 Å². The average Bonchev–Trinajstić information content (AvgIpc) is 2.37. The van der Waals surface area contributed by atoms with Crippen LogP contribution in [0.5, 0.6) is 0 Å². The fourth-order valence-corrected chi connectivity index (χ4v) is 1.57. The van der Waals surface area contributed by atoms with Crippen molar-refractivity contribution in [2.45, 2.75) is 25.3 Å². The van der Waals surface area contributed by atoms with Gasteiger partial charge < -0.3 is 10.4 Å². The Bertz CT molecular complexity index is 414. The second-order valence-electron chi connectivity index (χ2n) is 3.93. The summed E-state index contributed by atoms with van der Waals surface area (Å²) in [6.07, 6.45) is 3.47. The SMILES string of the molecule is C=CCCCC(=O)N[C@@H](C(=O)O)c1ccccc1. The van der Waals surface area contributed by atoms with Crippen molar-refractivity contribution in [2.24, 2.45) is 0 Å². The molecule has 1 atom stereocenters. The molecule has 1 aromatic rings. The minimum absolute atomic E-state index is 0.256. The number of rotatable bonds is 7. The predicted molar refractivity (Wildman–Crippen MR) is 69.0 cm³/mol. The molecule has 4 heteroatoms. The lowest BCUT2D eigenvalue weighted by atomic mass is 10.1. The van der Waals surface area contributed by atoms with Gasteiger partial charge in [-0.2, -0.15) is 0 Å². The molecule has 1 rings (SSSR count). The van der Waals surface area contributed by atoms with Gasteiger partial charge in [-0.1, -0.05) is 36.4 Å². The maximum atomic E-state index is 11.6. The Hall–Kier alpha value is -2.10. The van der Waals surface area contributed by atoms with Crippen LogP contribution in [0.25, 0.3) is 0 Å². The smallest absolute Gasteiger partial charge is 0.330 e. The molecule has 0 aliphatic rings. The lowest BCUT2D eigenvalue weighted by Gasteiger charge is -2.14. The molecular weight excluding hydrogens is 230 g/mol. The zero-order valence-corrected chi connectivity index (χ0v) is 10.1. The molecule has 2 N–H and O–H groups in total. The maximum Gasteiger partial charge on any atom is 0.330 e. The highest BCUT2D eigenvalue weighted by molar-refractivity contribution is 5.84. The van der Waals surface area contributed by atoms with Crippen LogP contribution in [0.1, 0.15) is 30.9 Å². The van der Waals surface area contributed by atoms with E-state index >= 15 is 0 Å². The van der Waals surface area contributed by atoms with E-state index in [2.05, 4.69) is 11.9 Å². The van der Waals surface area contributed by atoms with Crippen molar-refractivity contribution in [3.05, 3.63) is 48.6 Å². The number of carboxylic acid groups (broad SMARTS) is 1. The van der Waals surface area contributed by atoms with Crippen molar-refractivity contribution in [3.63, 3.8) is 0 Å². The second-order valence-corrected chi connectivity index (χ2v) is 3.93. The van der Waals surface area contributed by atoms with Crippen molar-refractivity contribution < 1.29 is 14.7 Å². The van der Waals surface area contributed by atoms with Gasteiger partial charge in [0.15, 0.2) is 6.04 Å². The monoisotopic (exact) mass is 247 g/mol. The molecule has 1 aromatic carbocycles. The summed E-state index contributed by atoms with van der Waals surface area (Å²) in [5.41, 5.74) is 0.571. The van der Waals surface area contributed by atoms with Crippen molar-refractivity contribution in [1.82, 2.24) is 5.32 Å². The molecule has 4 nitrogen and oxygen atoms in total. The summed E-state index contributed by atoms with van der Waals surface area (Å²) < 4.78 is 0. The Labute approximate surface area is 106 Å². The number of carbonyl (C=O) groups is 2. The van der Waals surface area contributed by atoms with Gasteiger partial charge in [0.25, 0.3) is 0 Å². The van der Waals surface area contributed by atoms with Gasteiger partial charge in [-0.3, -0.25) is 4.79 Å². The maximum absolute atomic E-state index is 11.6. The van der Waals surface area contributed by atoms with Crippen LogP contribution in [0.3, 0.4) is 0 Å². The van der Waals surface area contributed by atoms with E-state index < -0.39 is 12.0 Å². The van der Waals surface area contributed by atoms with Crippen LogP contribution in [0.2, 0.25) is 0 Å². The molecule has 0 aliphatic carbocycles. The Morgan fingerprint density at radius 1 is 1.33 bits per heavy atom. The minimum Gasteiger partial charge on any atom is -0.479 e. The highest BCUT2D eigenvalue weighted by atomic mass is 16.4. The van der Waals surface area contributed by atoms with E-state index in [0.29, 0.717) is 18.4 Å². The standard InChI is InChI=1S/C14H17NO3/c1-2-3-5-10-12(16)15-13(14(17)18)11-8-6-4-7-9-11/h2,4,6-9,13H,1,3,5,10H2,(H,15,16)(H,17,18)/t13-/m1/s1. The van der Waals surface area contributed by atoms with Gasteiger partial charge in [-0.05, 0) is 18.4 Å². The summed E-state index contributed by atoms with van der Waals surface area (Å²) in [6.45, 7) is 3.57. The molecule has 1 amide bonds. The molecule has 0 saturated heterocycles. The number of amides is 1. The zero-order chi connectivity index (χ0) is 13.4. The molecule has 0 fully saturated rings. The number of nitrogens with one attached hydrogen (secondary N) is 1. The highest BCUT2D eigenvalue weighted by Gasteiger charge is 2.21. The van der Waals surface area contributed by atoms with Gasteiger partial charge in [-0.25, -0.2) is 4.79 Å². The second kappa shape index (κ2) is 7.27. The minimum atomic E-state index is -1.06. The van der Waals surface area contributed by atoms with Gasteiger partial charge in [0, 0.05) is 6.42 Å². The highest BCUT2D eigenvalue weighted by Crippen LogP contribution is 2.13. The molecular formula is C14H17NO3. The summed E-state index contributed by atoms with van der Waals surface area (Å²) in [4.78, 5) is 22.7. The van der Waals surface area contributed by atoms with Crippen LogP contribution in [-0.2, 0) is 9.59 Å². The fraction of sp³-hybridized carbons (Fsp3) is 0.286. The topological polar surface area (TPSA) is 66.4 Å². The van der Waals surface area contributed by atoms with E-state index in [1.807, 2.05) is 0 Å². The van der Waals surface area contributed by atoms with Crippen molar-refractivity contribution in [2.75, 3.05) is 0 Å². The van der Waals surface area contributed by atoms with Crippen LogP contribution >= 0.6 is 0 Å². The molecule has 18 heavy (non-hydrogen) atoms. The normalized spacial score (nSPS) is 11.6. The average molecular weight is 247 g/mol. The number of benzene rings is 1. The number of carbonyl (C=O) groups excluding carboxylic acids is 1. The van der Waals surface area contributed by atoms with E-state index in [1.165, 1.54) is 0 Å². The summed E-state index contributed by atoms with van der Waals surface area (Å²) in [6, 6.07) is 7.67. The van der Waals surface area contributed by atoms with Crippen molar-refractivity contribution >= 4 is 11.9 Å². The molecule has 96 valence electrons. The molecule has 0 aliphatic heterocycles. The molecule has 0 radical (unpaired) electrons. The number of aliphatic carboxylic acids is 1. The van der Waals surface area contributed by atoms with Gasteiger partial charge in [0.2, 0.25) is 5.91 Å². The van der Waals surface area contributed by atoms with Crippen LogP contribution < -0.4 is 5.32 Å². The number of unbranched alkanes of at least 4 members (excludes halogenated alkanes) is 1. The molecule has 0 aromatic heterocycles. The number of hydrogen-bond donors (Lipinski definition) is 2. The third-order valence-corrected chi connectivity index (χ3v) is 2.50. The van der Waals surface area contributed by atoms with E-state index in [0.717, 1.165) is 6.42 Å². The lowest BCUT2D eigenvalue weighted by molar-refractivity contribution is -0.142. The van der Waals surface area contributed by atoms with Gasteiger partial charge in [-0.15, -0.1) is 6.58 Å². The Morgan fingerprint density at radius 3 is 2.56 bits per heavy atom. The first-order valence-electron chi connectivity index (χ1n) is 5.83. The van der Waals surface area contributed by atoms with Crippen LogP contribution in [-0.4, -0.2) is 17.0 Å². The van der Waals surface area contributed by atoms with E-state index in [4.69, 9.17) is 5.11 Å².